The molecule has 0 aliphatic heterocycles. The molecule has 0 radical (unpaired) electrons. The highest BCUT2D eigenvalue weighted by atomic mass is 35.5. The zero-order chi connectivity index (χ0) is 16.4. The molecule has 1 N–H and O–H groups in total. The van der Waals surface area contributed by atoms with Crippen LogP contribution in [0.1, 0.15) is 24.2 Å². The van der Waals surface area contributed by atoms with Gasteiger partial charge in [-0.25, -0.2) is 13.2 Å². The normalized spacial score (nSPS) is 11.9. The van der Waals surface area contributed by atoms with Crippen molar-refractivity contribution in [1.29, 1.82) is 0 Å². The van der Waals surface area contributed by atoms with Crippen LogP contribution in [0, 0.1) is 0 Å². The third-order valence-corrected chi connectivity index (χ3v) is 4.29. The third-order valence-electron chi connectivity index (χ3n) is 2.71. The van der Waals surface area contributed by atoms with E-state index in [1.165, 1.54) is 39.2 Å². The lowest BCUT2D eigenvalue weighted by atomic mass is 10.1. The van der Waals surface area contributed by atoms with E-state index >= 15 is 0 Å². The van der Waals surface area contributed by atoms with Crippen molar-refractivity contribution in [3.8, 4) is 0 Å². The van der Waals surface area contributed by atoms with Crippen LogP contribution in [0.15, 0.2) is 23.1 Å². The van der Waals surface area contributed by atoms with Gasteiger partial charge in [0.1, 0.15) is 5.54 Å². The number of sulfone groups is 1. The summed E-state index contributed by atoms with van der Waals surface area (Å²) in [5.41, 5.74) is -1.16. The average Bonchev–Trinajstić information content (AvgIpc) is 2.36. The zero-order valence-electron chi connectivity index (χ0n) is 12.1. The lowest BCUT2D eigenvalue weighted by Crippen LogP contribution is -2.50. The summed E-state index contributed by atoms with van der Waals surface area (Å²) in [6.07, 6.45) is 0.994. The minimum Gasteiger partial charge on any atom is -0.467 e. The van der Waals surface area contributed by atoms with Gasteiger partial charge in [-0.1, -0.05) is 11.6 Å². The number of rotatable bonds is 4. The summed E-state index contributed by atoms with van der Waals surface area (Å²) in [6.45, 7) is 2.95. The van der Waals surface area contributed by atoms with Gasteiger partial charge in [0, 0.05) is 11.8 Å². The van der Waals surface area contributed by atoms with E-state index in [2.05, 4.69) is 10.1 Å². The molecule has 0 fully saturated rings. The van der Waals surface area contributed by atoms with E-state index in [-0.39, 0.29) is 15.5 Å². The number of hydrogen-bond acceptors (Lipinski definition) is 5. The van der Waals surface area contributed by atoms with Crippen LogP contribution in [-0.4, -0.2) is 39.2 Å². The summed E-state index contributed by atoms with van der Waals surface area (Å²) in [6, 6.07) is 3.86. The van der Waals surface area contributed by atoms with Gasteiger partial charge in [-0.05, 0) is 32.0 Å². The van der Waals surface area contributed by atoms with Gasteiger partial charge in [-0.3, -0.25) is 4.79 Å². The molecule has 6 nitrogen and oxygen atoms in total. The number of methoxy groups -OCH3 is 1. The lowest BCUT2D eigenvalue weighted by Gasteiger charge is -2.23. The molecule has 8 heteroatoms. The summed E-state index contributed by atoms with van der Waals surface area (Å²) in [7, 11) is -2.35. The molecule has 0 aliphatic rings. The molecule has 21 heavy (non-hydrogen) atoms. The maximum absolute atomic E-state index is 12.1. The lowest BCUT2D eigenvalue weighted by molar-refractivity contribution is -0.146. The number of esters is 1. The molecule has 0 bridgehead atoms. The van der Waals surface area contributed by atoms with Crippen molar-refractivity contribution in [3.05, 3.63) is 28.8 Å². The van der Waals surface area contributed by atoms with Crippen LogP contribution in [0.4, 0.5) is 0 Å². The summed E-state index contributed by atoms with van der Waals surface area (Å²) >= 11 is 5.81. The Morgan fingerprint density at radius 3 is 2.33 bits per heavy atom. The van der Waals surface area contributed by atoms with Crippen molar-refractivity contribution in [2.45, 2.75) is 24.3 Å². The second kappa shape index (κ2) is 6.03. The van der Waals surface area contributed by atoms with Gasteiger partial charge in [0.15, 0.2) is 9.84 Å². The fraction of sp³-hybridized carbons (Fsp3) is 0.385. The first-order valence-corrected chi connectivity index (χ1v) is 8.16. The van der Waals surface area contributed by atoms with E-state index in [0.29, 0.717) is 0 Å². The Balaban J connectivity index is 3.13. The maximum atomic E-state index is 12.1. The molecule has 0 aromatic heterocycles. The topological polar surface area (TPSA) is 89.5 Å². The van der Waals surface area contributed by atoms with Gasteiger partial charge in [-0.2, -0.15) is 0 Å². The van der Waals surface area contributed by atoms with Gasteiger partial charge in [0.2, 0.25) is 0 Å². The van der Waals surface area contributed by atoms with Crippen molar-refractivity contribution < 1.29 is 22.7 Å². The second-order valence-corrected chi connectivity index (χ2v) is 7.38. The van der Waals surface area contributed by atoms with Crippen molar-refractivity contribution in [1.82, 2.24) is 5.32 Å². The molecule has 116 valence electrons. The van der Waals surface area contributed by atoms with Crippen LogP contribution in [0.5, 0.6) is 0 Å². The highest BCUT2D eigenvalue weighted by Gasteiger charge is 2.31. The Kier molecular flexibility index (Phi) is 5.01. The number of ether oxygens (including phenoxy) is 1. The van der Waals surface area contributed by atoms with E-state index in [4.69, 9.17) is 11.6 Å². The third kappa shape index (κ3) is 4.18. The highest BCUT2D eigenvalue weighted by molar-refractivity contribution is 7.90. The smallest absolute Gasteiger partial charge is 0.330 e. The Labute approximate surface area is 128 Å². The minimum absolute atomic E-state index is 0.0290. The highest BCUT2D eigenvalue weighted by Crippen LogP contribution is 2.23. The number of amides is 1. The van der Waals surface area contributed by atoms with Crippen LogP contribution in [0.3, 0.4) is 0 Å². The zero-order valence-corrected chi connectivity index (χ0v) is 13.6. The summed E-state index contributed by atoms with van der Waals surface area (Å²) in [4.78, 5) is 23.5. The average molecular weight is 334 g/mol. The Bertz CT molecular complexity index is 682. The molecule has 0 saturated heterocycles. The predicted molar refractivity (Wildman–Crippen MR) is 78.1 cm³/mol. The monoisotopic (exact) mass is 333 g/mol. The van der Waals surface area contributed by atoms with Crippen LogP contribution < -0.4 is 5.32 Å². The van der Waals surface area contributed by atoms with Crippen molar-refractivity contribution in [3.63, 3.8) is 0 Å². The molecule has 1 rings (SSSR count). The van der Waals surface area contributed by atoms with Crippen LogP contribution in [-0.2, 0) is 19.4 Å². The van der Waals surface area contributed by atoms with Gasteiger partial charge < -0.3 is 10.1 Å². The number of hydrogen-bond donors (Lipinski definition) is 1. The molecule has 0 saturated carbocycles. The molecule has 1 aromatic rings. The quantitative estimate of drug-likeness (QED) is 0.842. The molecular formula is C13H16ClNO5S. The van der Waals surface area contributed by atoms with E-state index in [1.54, 1.807) is 0 Å². The second-order valence-electron chi connectivity index (χ2n) is 4.99. The maximum Gasteiger partial charge on any atom is 0.330 e. The SMILES string of the molecule is COC(=O)C(C)(C)NC(=O)c1ccc(Cl)c(S(C)(=O)=O)c1. The number of carbonyl (C=O) groups is 2. The van der Waals surface area contributed by atoms with Gasteiger partial charge in [0.25, 0.3) is 5.91 Å². The fourth-order valence-electron chi connectivity index (χ4n) is 1.59. The molecule has 0 aliphatic carbocycles. The van der Waals surface area contributed by atoms with E-state index < -0.39 is 27.3 Å². The Morgan fingerprint density at radius 2 is 1.86 bits per heavy atom. The summed E-state index contributed by atoms with van der Waals surface area (Å²) < 4.78 is 27.7. The molecule has 1 aromatic carbocycles. The standard InChI is InChI=1S/C13H16ClNO5S/c1-13(2,12(17)20-3)15-11(16)8-5-6-9(14)10(7-8)21(4,18)19/h5-7H,1-4H3,(H,15,16). The van der Waals surface area contributed by atoms with Gasteiger partial charge in [0.05, 0.1) is 17.0 Å². The van der Waals surface area contributed by atoms with Crippen molar-refractivity contribution in [2.75, 3.05) is 13.4 Å². The van der Waals surface area contributed by atoms with Crippen molar-refractivity contribution in [2.24, 2.45) is 0 Å². The largest absolute Gasteiger partial charge is 0.467 e. The first-order valence-electron chi connectivity index (χ1n) is 5.89. The predicted octanol–water partition coefficient (Wildman–Crippen LogP) is 1.42. The van der Waals surface area contributed by atoms with Crippen LogP contribution in [0.2, 0.25) is 5.02 Å². The van der Waals surface area contributed by atoms with E-state index in [0.717, 1.165) is 6.26 Å². The van der Waals surface area contributed by atoms with Crippen LogP contribution in [0.25, 0.3) is 0 Å². The molecule has 0 heterocycles. The molecule has 1 amide bonds. The number of halogens is 1. The molecular weight excluding hydrogens is 318 g/mol. The minimum atomic E-state index is -3.56. The molecule has 0 atom stereocenters. The van der Waals surface area contributed by atoms with E-state index in [1.807, 2.05) is 0 Å². The fourth-order valence-corrected chi connectivity index (χ4v) is 2.89. The van der Waals surface area contributed by atoms with Crippen LogP contribution >= 0.6 is 11.6 Å². The first kappa shape index (κ1) is 17.5. The van der Waals surface area contributed by atoms with E-state index in [9.17, 15) is 18.0 Å². The Morgan fingerprint density at radius 1 is 1.29 bits per heavy atom. The van der Waals surface area contributed by atoms with Gasteiger partial charge >= 0.3 is 5.97 Å². The number of benzene rings is 1. The summed E-state index contributed by atoms with van der Waals surface area (Å²) in [5.74, 6) is -1.22. The number of carbonyl (C=O) groups excluding carboxylic acids is 2. The molecule has 0 unspecified atom stereocenters. The number of nitrogens with one attached hydrogen (secondary N) is 1. The summed E-state index contributed by atoms with van der Waals surface area (Å²) in [5, 5.41) is 2.50. The van der Waals surface area contributed by atoms with Gasteiger partial charge in [-0.15, -0.1) is 0 Å². The molecule has 0 spiro atoms. The first-order chi connectivity index (χ1) is 9.49. The van der Waals surface area contributed by atoms with Crippen molar-refractivity contribution >= 4 is 33.3 Å². The Hall–Kier alpha value is -1.60.